The number of nitrogens with one attached hydrogen (secondary N) is 1. The van der Waals surface area contributed by atoms with E-state index in [9.17, 15) is 14.4 Å². The average molecular weight is 871 g/mol. The van der Waals surface area contributed by atoms with Crippen LogP contribution in [0.5, 0.6) is 5.75 Å². The Balaban J connectivity index is 0.941. The summed E-state index contributed by atoms with van der Waals surface area (Å²) < 4.78 is 18.1. The van der Waals surface area contributed by atoms with Crippen molar-refractivity contribution in [1.29, 1.82) is 0 Å². The summed E-state index contributed by atoms with van der Waals surface area (Å²) in [6, 6.07) is 28.3. The molecule has 0 aromatic heterocycles. The number of rotatable bonds is 27. The van der Waals surface area contributed by atoms with Gasteiger partial charge in [-0.05, 0) is 83.7 Å². The molecule has 0 bridgehead atoms. The zero-order chi connectivity index (χ0) is 44.9. The number of carbonyl (C=O) groups excluding carboxylic acids is 3. The number of ether oxygens (including phenoxy) is 3. The number of nitrogens with zero attached hydrogens (tertiary/aromatic N) is 1. The fourth-order valence-corrected chi connectivity index (χ4v) is 9.52. The van der Waals surface area contributed by atoms with Crippen LogP contribution in [0.3, 0.4) is 0 Å². The molecule has 64 heavy (non-hydrogen) atoms. The molecular formula is C56H74N2O6. The minimum atomic E-state index is -0.930. The molecule has 4 aromatic carbocycles. The minimum Gasteiger partial charge on any atom is -0.493 e. The van der Waals surface area contributed by atoms with Crippen molar-refractivity contribution in [2.75, 3.05) is 19.8 Å². The van der Waals surface area contributed by atoms with Crippen LogP contribution in [0, 0.1) is 13.8 Å². The third-order valence-corrected chi connectivity index (χ3v) is 13.3. The zero-order valence-electron chi connectivity index (χ0n) is 39.1. The predicted octanol–water partition coefficient (Wildman–Crippen LogP) is 13.1. The van der Waals surface area contributed by atoms with Gasteiger partial charge >= 0.3 is 12.1 Å². The summed E-state index contributed by atoms with van der Waals surface area (Å²) in [5, 5.41) is 2.88. The van der Waals surface area contributed by atoms with Crippen LogP contribution in [0.15, 0.2) is 91.0 Å². The fourth-order valence-electron chi connectivity index (χ4n) is 9.52. The van der Waals surface area contributed by atoms with Gasteiger partial charge in [0, 0.05) is 18.9 Å². The van der Waals surface area contributed by atoms with Gasteiger partial charge in [0.05, 0.1) is 6.61 Å². The maximum Gasteiger partial charge on any atom is 0.407 e. The number of unbranched alkanes of at least 4 members (excludes halogenated alkanes) is 15. The molecule has 2 atom stereocenters. The molecule has 6 rings (SSSR count). The van der Waals surface area contributed by atoms with Crippen molar-refractivity contribution in [2.45, 2.75) is 167 Å². The smallest absolute Gasteiger partial charge is 0.407 e. The van der Waals surface area contributed by atoms with E-state index in [0.29, 0.717) is 26.0 Å². The summed E-state index contributed by atoms with van der Waals surface area (Å²) in [5.74, 6) is -0.0532. The number of alkyl carbamates (subject to hydrolysis) is 1. The molecule has 1 saturated heterocycles. The molecule has 1 aliphatic heterocycles. The number of amides is 2. The molecule has 1 heterocycles. The van der Waals surface area contributed by atoms with Crippen LogP contribution in [0.2, 0.25) is 0 Å². The SMILES string of the molecule is CCCCCCCCCCCCCCCCCCOc1cc(COC(=O)C2CCCN2C(=O)C(Cc2ccccc2)NC(=O)OCC2c3ccccc3-c3ccccc32)cc(C)c1C. The lowest BCUT2D eigenvalue weighted by Crippen LogP contribution is -2.53. The number of esters is 1. The van der Waals surface area contributed by atoms with E-state index in [1.807, 2.05) is 66.7 Å². The van der Waals surface area contributed by atoms with Crippen LogP contribution < -0.4 is 10.1 Å². The molecule has 0 spiro atoms. The lowest BCUT2D eigenvalue weighted by Gasteiger charge is -2.28. The van der Waals surface area contributed by atoms with Gasteiger partial charge in [-0.1, -0.05) is 188 Å². The van der Waals surface area contributed by atoms with Gasteiger partial charge in [0.15, 0.2) is 0 Å². The number of likely N-dealkylation sites (tertiary alicyclic amines) is 1. The first-order chi connectivity index (χ1) is 31.3. The number of aryl methyl sites for hydroxylation is 1. The Labute approximate surface area is 383 Å². The lowest BCUT2D eigenvalue weighted by molar-refractivity contribution is -0.155. The maximum atomic E-state index is 14.3. The summed E-state index contributed by atoms with van der Waals surface area (Å²) in [6.45, 7) is 7.68. The van der Waals surface area contributed by atoms with E-state index in [1.54, 1.807) is 4.90 Å². The van der Waals surface area contributed by atoms with Crippen LogP contribution in [-0.2, 0) is 32.1 Å². The predicted molar refractivity (Wildman–Crippen MR) is 258 cm³/mol. The Morgan fingerprint density at radius 2 is 1.23 bits per heavy atom. The summed E-state index contributed by atoms with van der Waals surface area (Å²) in [5.41, 5.74) is 8.42. The molecule has 8 heteroatoms. The first-order valence-corrected chi connectivity index (χ1v) is 24.7. The number of benzene rings is 4. The van der Waals surface area contributed by atoms with Crippen LogP contribution >= 0.6 is 0 Å². The second-order valence-electron chi connectivity index (χ2n) is 18.2. The summed E-state index contributed by atoms with van der Waals surface area (Å²) in [7, 11) is 0. The molecule has 0 radical (unpaired) electrons. The van der Waals surface area contributed by atoms with E-state index in [-0.39, 0.29) is 31.5 Å². The molecule has 0 saturated carbocycles. The van der Waals surface area contributed by atoms with Crippen LogP contribution in [-0.4, -0.2) is 54.7 Å². The van der Waals surface area contributed by atoms with Gasteiger partial charge in [0.25, 0.3) is 0 Å². The van der Waals surface area contributed by atoms with Crippen LogP contribution in [0.1, 0.15) is 162 Å². The summed E-state index contributed by atoms with van der Waals surface area (Å²) in [6.07, 6.45) is 22.1. The lowest BCUT2D eigenvalue weighted by atomic mass is 9.98. The molecule has 8 nitrogen and oxygen atoms in total. The van der Waals surface area contributed by atoms with Gasteiger partial charge in [-0.3, -0.25) is 4.79 Å². The van der Waals surface area contributed by atoms with Crippen molar-refractivity contribution in [1.82, 2.24) is 10.2 Å². The average Bonchev–Trinajstić information content (AvgIpc) is 3.93. The van der Waals surface area contributed by atoms with E-state index in [1.165, 1.54) is 89.9 Å². The first kappa shape index (κ1) is 48.3. The summed E-state index contributed by atoms with van der Waals surface area (Å²) >= 11 is 0. The Hall–Kier alpha value is -5.11. The van der Waals surface area contributed by atoms with Gasteiger partial charge in [0.1, 0.15) is 31.0 Å². The Morgan fingerprint density at radius 1 is 0.672 bits per heavy atom. The Morgan fingerprint density at radius 3 is 1.84 bits per heavy atom. The summed E-state index contributed by atoms with van der Waals surface area (Å²) in [4.78, 5) is 43.1. The highest BCUT2D eigenvalue weighted by molar-refractivity contribution is 5.90. The zero-order valence-corrected chi connectivity index (χ0v) is 39.1. The van der Waals surface area contributed by atoms with E-state index in [4.69, 9.17) is 14.2 Å². The minimum absolute atomic E-state index is 0.0827. The van der Waals surface area contributed by atoms with E-state index >= 15 is 0 Å². The third-order valence-electron chi connectivity index (χ3n) is 13.3. The second kappa shape index (κ2) is 26.0. The standard InChI is InChI=1S/C56H74N2O6/c1-4-5-6-7-8-9-10-11-12-13-14-15-16-17-18-26-36-62-53-39-45(37-42(2)43(53)3)40-63-55(60)52-34-27-35-58(52)54(59)51(38-44-28-20-19-21-29-44)57-56(61)64-41-50-48-32-24-22-30-46(48)47-31-23-25-33-49(47)50/h19-25,28-33,37,39,50-52H,4-18,26-27,34-36,38,40-41H2,1-3H3,(H,57,61). The largest absolute Gasteiger partial charge is 0.493 e. The van der Waals surface area contributed by atoms with Gasteiger partial charge in [-0.25, -0.2) is 9.59 Å². The maximum absolute atomic E-state index is 14.3. The van der Waals surface area contributed by atoms with Crippen molar-refractivity contribution in [2.24, 2.45) is 0 Å². The van der Waals surface area contributed by atoms with Crippen molar-refractivity contribution < 1.29 is 28.6 Å². The highest BCUT2D eigenvalue weighted by Crippen LogP contribution is 2.44. The molecule has 2 unspecified atom stereocenters. The van der Waals surface area contributed by atoms with Gasteiger partial charge < -0.3 is 24.4 Å². The number of hydrogen-bond donors (Lipinski definition) is 1. The van der Waals surface area contributed by atoms with E-state index in [2.05, 4.69) is 50.4 Å². The van der Waals surface area contributed by atoms with Gasteiger partial charge in [0.2, 0.25) is 5.91 Å². The van der Waals surface area contributed by atoms with Crippen molar-refractivity contribution >= 4 is 18.0 Å². The van der Waals surface area contributed by atoms with Crippen LogP contribution in [0.25, 0.3) is 11.1 Å². The highest BCUT2D eigenvalue weighted by atomic mass is 16.5. The Bertz CT molecular complexity index is 2020. The third kappa shape index (κ3) is 14.2. The Kier molecular flexibility index (Phi) is 19.6. The fraction of sp³-hybridized carbons (Fsp3) is 0.518. The van der Waals surface area contributed by atoms with Gasteiger partial charge in [-0.15, -0.1) is 0 Å². The molecule has 1 fully saturated rings. The molecule has 1 aliphatic carbocycles. The topological polar surface area (TPSA) is 94.2 Å². The second-order valence-corrected chi connectivity index (χ2v) is 18.2. The van der Waals surface area contributed by atoms with Crippen molar-refractivity contribution in [3.8, 4) is 16.9 Å². The number of fused-ring (bicyclic) bond motifs is 3. The molecule has 344 valence electrons. The van der Waals surface area contributed by atoms with Crippen LogP contribution in [0.4, 0.5) is 4.79 Å². The molecule has 2 aliphatic rings. The quantitative estimate of drug-likeness (QED) is 0.0474. The van der Waals surface area contributed by atoms with Gasteiger partial charge in [-0.2, -0.15) is 0 Å². The number of carbonyl (C=O) groups is 3. The van der Waals surface area contributed by atoms with E-state index < -0.39 is 24.1 Å². The molecule has 4 aromatic rings. The number of hydrogen-bond acceptors (Lipinski definition) is 6. The van der Waals surface area contributed by atoms with Crippen molar-refractivity contribution in [3.05, 3.63) is 124 Å². The molecular weight excluding hydrogens is 797 g/mol. The van der Waals surface area contributed by atoms with E-state index in [0.717, 1.165) is 63.1 Å². The normalized spacial score (nSPS) is 14.8. The monoisotopic (exact) mass is 871 g/mol. The molecule has 1 N–H and O–H groups in total. The molecule has 2 amide bonds. The highest BCUT2D eigenvalue weighted by Gasteiger charge is 2.39. The first-order valence-electron chi connectivity index (χ1n) is 24.7. The van der Waals surface area contributed by atoms with Crippen molar-refractivity contribution in [3.63, 3.8) is 0 Å².